The van der Waals surface area contributed by atoms with Gasteiger partial charge in [0.1, 0.15) is 48.8 Å². The van der Waals surface area contributed by atoms with Gasteiger partial charge < -0.3 is 59.5 Å². The molecule has 0 aliphatic carbocycles. The number of hydrogen-bond donors (Lipinski definition) is 6. The van der Waals surface area contributed by atoms with Gasteiger partial charge >= 0.3 is 0 Å². The molecule has 0 spiro atoms. The Kier molecular flexibility index (Phi) is 8.27. The van der Waals surface area contributed by atoms with E-state index in [1.807, 2.05) is 0 Å². The largest absolute Gasteiger partial charge is 0.726 e. The second-order valence-corrected chi connectivity index (χ2v) is 7.84. The Morgan fingerprint density at radius 2 is 1.65 bits per heavy atom. The first-order chi connectivity index (χ1) is 14.2. The zero-order valence-electron chi connectivity index (χ0n) is 15.7. The quantitative estimate of drug-likeness (QED) is 0.147. The average Bonchev–Trinajstić information content (AvgIpc) is 2.64. The fourth-order valence-corrected chi connectivity index (χ4v) is 3.38. The normalized spacial score (nSPS) is 41.5. The number of aliphatic carboxylic acids is 1. The molecule has 0 saturated carbocycles. The summed E-state index contributed by atoms with van der Waals surface area (Å²) < 4.78 is 51.0. The summed E-state index contributed by atoms with van der Waals surface area (Å²) in [4.78, 5) is 22.5. The molecule has 31 heavy (non-hydrogen) atoms. The molecule has 1 amide bonds. The zero-order valence-corrected chi connectivity index (χ0v) is 16.5. The number of nitrogens with one attached hydrogen (secondary N) is 1. The standard InChI is InChI=1S/C14H23NO15S/c1-3(16)15-5-10(6(17)4(28-13(5)23)2-27-31(24,25)26)29-14-9(20)7(18)8(19)11(30-14)12(21)22/h4-11,13-14,17-20,23H,2H2,1H3,(H,15,16)(H,21,22)(H,24,25,26)/p-2/t4-,5-,6+,7+,8+,9-,10-,11+,13-,14-/m1/s1. The summed E-state index contributed by atoms with van der Waals surface area (Å²) in [6.07, 6.45) is -17.8. The summed E-state index contributed by atoms with van der Waals surface area (Å²) >= 11 is 0. The fourth-order valence-electron chi connectivity index (χ4n) is 3.08. The maximum absolute atomic E-state index is 11.4. The first kappa shape index (κ1) is 25.7. The van der Waals surface area contributed by atoms with Crippen LogP contribution in [0.4, 0.5) is 0 Å². The predicted octanol–water partition coefficient (Wildman–Crippen LogP) is -7.01. The second kappa shape index (κ2) is 9.96. The summed E-state index contributed by atoms with van der Waals surface area (Å²) in [5, 5.41) is 63.4. The summed E-state index contributed by atoms with van der Waals surface area (Å²) in [5.74, 6) is -2.72. The van der Waals surface area contributed by atoms with Crippen molar-refractivity contribution >= 4 is 22.3 Å². The number of carboxylic acids is 1. The van der Waals surface area contributed by atoms with Gasteiger partial charge in [0.15, 0.2) is 12.6 Å². The van der Waals surface area contributed by atoms with Crippen LogP contribution in [-0.4, -0.2) is 118 Å². The van der Waals surface area contributed by atoms with Gasteiger partial charge in [0.05, 0.1) is 12.6 Å². The molecule has 2 heterocycles. The number of rotatable bonds is 7. The van der Waals surface area contributed by atoms with Crippen molar-refractivity contribution in [2.45, 2.75) is 68.3 Å². The minimum atomic E-state index is -5.21. The minimum absolute atomic E-state index is 0.751. The Balaban J connectivity index is 2.27. The topological polar surface area (TPSA) is 264 Å². The van der Waals surface area contributed by atoms with Gasteiger partial charge in [-0.2, -0.15) is 0 Å². The van der Waals surface area contributed by atoms with E-state index in [2.05, 4.69) is 9.50 Å². The Labute approximate surface area is 174 Å². The summed E-state index contributed by atoms with van der Waals surface area (Å²) in [6, 6.07) is -1.58. The number of ether oxygens (including phenoxy) is 3. The number of aliphatic hydroxyl groups excluding tert-OH is 5. The van der Waals surface area contributed by atoms with Crippen molar-refractivity contribution in [3.8, 4) is 0 Å². The van der Waals surface area contributed by atoms with Crippen molar-refractivity contribution in [3.63, 3.8) is 0 Å². The van der Waals surface area contributed by atoms with Crippen molar-refractivity contribution in [2.24, 2.45) is 0 Å². The summed E-state index contributed by atoms with van der Waals surface area (Å²) in [5.41, 5.74) is 0. The van der Waals surface area contributed by atoms with E-state index in [4.69, 9.17) is 14.2 Å². The van der Waals surface area contributed by atoms with E-state index in [1.54, 1.807) is 0 Å². The van der Waals surface area contributed by atoms with E-state index in [0.717, 1.165) is 6.92 Å². The zero-order chi connectivity index (χ0) is 23.7. The molecule has 6 N–H and O–H groups in total. The Hall–Kier alpha value is -1.51. The molecule has 2 saturated heterocycles. The van der Waals surface area contributed by atoms with Gasteiger partial charge in [-0.05, 0) is 0 Å². The maximum Gasteiger partial charge on any atom is 0.217 e. The minimum Gasteiger partial charge on any atom is -0.726 e. The molecule has 0 bridgehead atoms. The van der Waals surface area contributed by atoms with Crippen LogP contribution in [0.1, 0.15) is 6.92 Å². The number of hydrogen-bond acceptors (Lipinski definition) is 15. The molecule has 0 unspecified atom stereocenters. The number of carbonyl (C=O) groups is 2. The van der Waals surface area contributed by atoms with Crippen LogP contribution < -0.4 is 10.4 Å². The van der Waals surface area contributed by atoms with Crippen molar-refractivity contribution in [2.75, 3.05) is 6.61 Å². The molecule has 0 aromatic heterocycles. The highest BCUT2D eigenvalue weighted by Gasteiger charge is 2.51. The van der Waals surface area contributed by atoms with Crippen LogP contribution in [0.2, 0.25) is 0 Å². The Morgan fingerprint density at radius 1 is 1.03 bits per heavy atom. The predicted molar refractivity (Wildman–Crippen MR) is 86.7 cm³/mol. The molecule has 0 aromatic rings. The van der Waals surface area contributed by atoms with Gasteiger partial charge in [-0.25, -0.2) is 8.42 Å². The van der Waals surface area contributed by atoms with Crippen LogP contribution in [0.5, 0.6) is 0 Å². The lowest BCUT2D eigenvalue weighted by Gasteiger charge is -2.46. The van der Waals surface area contributed by atoms with Crippen LogP contribution in [0, 0.1) is 0 Å². The van der Waals surface area contributed by atoms with Crippen LogP contribution in [-0.2, 0) is 38.4 Å². The average molecular weight is 475 g/mol. The lowest BCUT2D eigenvalue weighted by atomic mass is 9.95. The van der Waals surface area contributed by atoms with Gasteiger partial charge in [0, 0.05) is 6.92 Å². The van der Waals surface area contributed by atoms with Crippen LogP contribution in [0.15, 0.2) is 0 Å². The first-order valence-corrected chi connectivity index (χ1v) is 10.0. The lowest BCUT2D eigenvalue weighted by Crippen LogP contribution is -2.68. The van der Waals surface area contributed by atoms with Gasteiger partial charge in [0.25, 0.3) is 0 Å². The molecule has 2 aliphatic heterocycles. The Bertz CT molecular complexity index is 761. The Morgan fingerprint density at radius 3 is 2.16 bits per heavy atom. The highest BCUT2D eigenvalue weighted by molar-refractivity contribution is 7.80. The van der Waals surface area contributed by atoms with Crippen molar-refractivity contribution in [1.82, 2.24) is 5.32 Å². The fraction of sp³-hybridized carbons (Fsp3) is 0.857. The van der Waals surface area contributed by atoms with Crippen LogP contribution >= 0.6 is 0 Å². The first-order valence-electron chi connectivity index (χ1n) is 8.68. The molecule has 2 rings (SSSR count). The third kappa shape index (κ3) is 6.26. The summed E-state index contributed by atoms with van der Waals surface area (Å²) in [6.45, 7) is -0.0542. The molecular weight excluding hydrogens is 454 g/mol. The summed E-state index contributed by atoms with van der Waals surface area (Å²) in [7, 11) is -5.21. The van der Waals surface area contributed by atoms with Gasteiger partial charge in [-0.1, -0.05) is 0 Å². The highest BCUT2D eigenvalue weighted by atomic mass is 32.3. The van der Waals surface area contributed by atoms with E-state index < -0.39 is 90.2 Å². The van der Waals surface area contributed by atoms with Gasteiger partial charge in [0.2, 0.25) is 16.3 Å². The monoisotopic (exact) mass is 475 g/mol. The van der Waals surface area contributed by atoms with Gasteiger partial charge in [-0.15, -0.1) is 0 Å². The molecule has 16 nitrogen and oxygen atoms in total. The molecule has 0 aromatic carbocycles. The third-order valence-electron chi connectivity index (χ3n) is 4.53. The molecule has 2 aliphatic rings. The van der Waals surface area contributed by atoms with Crippen molar-refractivity contribution < 1.29 is 71.6 Å². The molecular formula is C14H21NO15S-2. The van der Waals surface area contributed by atoms with Gasteiger partial charge in [-0.3, -0.25) is 8.98 Å². The number of carbonyl (C=O) groups excluding carboxylic acids is 2. The van der Waals surface area contributed by atoms with Crippen LogP contribution in [0.25, 0.3) is 0 Å². The number of carboxylic acid groups (broad SMARTS) is 1. The highest BCUT2D eigenvalue weighted by Crippen LogP contribution is 2.29. The molecule has 2 fully saturated rings. The van der Waals surface area contributed by atoms with E-state index >= 15 is 0 Å². The van der Waals surface area contributed by atoms with E-state index in [-0.39, 0.29) is 0 Å². The molecule has 180 valence electrons. The van der Waals surface area contributed by atoms with Crippen molar-refractivity contribution in [1.29, 1.82) is 0 Å². The SMILES string of the molecule is CC(=O)N[C@@H]1[C@@H](O[C@@H]2O[C@H](C(=O)[O-])[C@@H](O)[C@H](O)[C@H]2O)[C@@H](O)[C@@H](COS(=O)(=O)[O-])O[C@H]1O. The lowest BCUT2D eigenvalue weighted by molar-refractivity contribution is -0.363. The molecule has 17 heteroatoms. The van der Waals surface area contributed by atoms with Crippen LogP contribution in [0.3, 0.4) is 0 Å². The number of aliphatic hydroxyl groups is 5. The maximum atomic E-state index is 11.4. The second-order valence-electron chi connectivity index (χ2n) is 6.79. The van der Waals surface area contributed by atoms with E-state index in [0.29, 0.717) is 0 Å². The van der Waals surface area contributed by atoms with E-state index in [1.165, 1.54) is 0 Å². The van der Waals surface area contributed by atoms with Crippen molar-refractivity contribution in [3.05, 3.63) is 0 Å². The number of amides is 1. The third-order valence-corrected chi connectivity index (χ3v) is 4.96. The van der Waals surface area contributed by atoms with E-state index in [9.17, 15) is 53.2 Å². The molecule has 10 atom stereocenters. The molecule has 0 radical (unpaired) electrons. The smallest absolute Gasteiger partial charge is 0.217 e.